The summed E-state index contributed by atoms with van der Waals surface area (Å²) in [6.45, 7) is 4.28. The van der Waals surface area contributed by atoms with E-state index in [1.807, 2.05) is 13.8 Å². The van der Waals surface area contributed by atoms with Crippen molar-refractivity contribution in [2.45, 2.75) is 26.7 Å². The number of aryl methyl sites for hydroxylation is 2. The second kappa shape index (κ2) is 6.39. The molecule has 2 aromatic rings. The summed E-state index contributed by atoms with van der Waals surface area (Å²) in [4.78, 5) is 10.8. The topological polar surface area (TPSA) is 77.9 Å². The van der Waals surface area contributed by atoms with Gasteiger partial charge in [-0.1, -0.05) is 0 Å². The van der Waals surface area contributed by atoms with Gasteiger partial charge in [0.25, 0.3) is 0 Å². The Kier molecular flexibility index (Phi) is 4.57. The van der Waals surface area contributed by atoms with E-state index in [1.165, 1.54) is 12.1 Å². The zero-order chi connectivity index (χ0) is 15.4. The summed E-state index contributed by atoms with van der Waals surface area (Å²) >= 11 is 0. The van der Waals surface area contributed by atoms with Crippen LogP contribution in [-0.4, -0.2) is 27.9 Å². The molecule has 112 valence electrons. The molecule has 1 heterocycles. The SMILES string of the molecule is Cc1n[nH]c(C)c1CCCOc1ccc(C(=O)[OH2+])cc1F. The number of aromatic amines is 1. The van der Waals surface area contributed by atoms with Gasteiger partial charge in [-0.25, -0.2) is 4.39 Å². The van der Waals surface area contributed by atoms with E-state index in [0.29, 0.717) is 6.61 Å². The van der Waals surface area contributed by atoms with Crippen LogP contribution in [0.4, 0.5) is 4.39 Å². The second-order valence-corrected chi connectivity index (χ2v) is 4.84. The molecule has 3 N–H and O–H groups in total. The molecular weight excluding hydrogens is 275 g/mol. The second-order valence-electron chi connectivity index (χ2n) is 4.84. The average molecular weight is 293 g/mol. The molecule has 0 saturated heterocycles. The van der Waals surface area contributed by atoms with Crippen LogP contribution in [0.1, 0.15) is 33.7 Å². The maximum absolute atomic E-state index is 13.7. The summed E-state index contributed by atoms with van der Waals surface area (Å²) in [7, 11) is 0. The van der Waals surface area contributed by atoms with Crippen molar-refractivity contribution in [3.8, 4) is 5.75 Å². The largest absolute Gasteiger partial charge is 0.561 e. The van der Waals surface area contributed by atoms with Crippen LogP contribution < -0.4 is 4.74 Å². The monoisotopic (exact) mass is 293 g/mol. The zero-order valence-corrected chi connectivity index (χ0v) is 12.0. The molecular formula is C15H18FN2O3+. The first-order valence-electron chi connectivity index (χ1n) is 6.67. The molecule has 0 amide bonds. The summed E-state index contributed by atoms with van der Waals surface area (Å²) in [6, 6.07) is 3.79. The van der Waals surface area contributed by atoms with Gasteiger partial charge in [0.2, 0.25) is 0 Å². The van der Waals surface area contributed by atoms with Crippen molar-refractivity contribution in [2.24, 2.45) is 0 Å². The molecule has 0 bridgehead atoms. The Morgan fingerprint density at radius 3 is 2.76 bits per heavy atom. The van der Waals surface area contributed by atoms with E-state index in [9.17, 15) is 9.18 Å². The van der Waals surface area contributed by atoms with E-state index in [0.717, 1.165) is 35.9 Å². The number of hydrogen-bond donors (Lipinski definition) is 1. The first-order valence-corrected chi connectivity index (χ1v) is 6.67. The van der Waals surface area contributed by atoms with Gasteiger partial charge in [-0.15, -0.1) is 0 Å². The fourth-order valence-electron chi connectivity index (χ4n) is 2.13. The number of aromatic nitrogens is 2. The predicted octanol–water partition coefficient (Wildman–Crippen LogP) is 2.04. The highest BCUT2D eigenvalue weighted by Gasteiger charge is 2.14. The predicted molar refractivity (Wildman–Crippen MR) is 76.2 cm³/mol. The minimum Gasteiger partial charge on any atom is -0.561 e. The highest BCUT2D eigenvalue weighted by atomic mass is 19.1. The van der Waals surface area contributed by atoms with Crippen molar-refractivity contribution in [2.75, 3.05) is 6.61 Å². The van der Waals surface area contributed by atoms with E-state index in [2.05, 4.69) is 10.2 Å². The smallest absolute Gasteiger partial charge is 0.549 e. The fraction of sp³-hybridized carbons (Fsp3) is 0.333. The van der Waals surface area contributed by atoms with Crippen molar-refractivity contribution in [3.05, 3.63) is 46.5 Å². The number of rotatable bonds is 6. The van der Waals surface area contributed by atoms with Gasteiger partial charge < -0.3 is 9.84 Å². The molecule has 6 heteroatoms. The lowest BCUT2D eigenvalue weighted by atomic mass is 10.1. The Labute approximate surface area is 121 Å². The van der Waals surface area contributed by atoms with Gasteiger partial charge in [0, 0.05) is 10.5 Å². The van der Waals surface area contributed by atoms with E-state index < -0.39 is 11.8 Å². The van der Waals surface area contributed by atoms with Crippen LogP contribution in [-0.2, 0) is 6.42 Å². The van der Waals surface area contributed by atoms with Gasteiger partial charge in [-0.3, -0.25) is 5.10 Å². The Morgan fingerprint density at radius 1 is 1.43 bits per heavy atom. The molecule has 0 fully saturated rings. The summed E-state index contributed by atoms with van der Waals surface area (Å²) in [5.41, 5.74) is 3.19. The Bertz CT molecular complexity index is 633. The van der Waals surface area contributed by atoms with Crippen LogP contribution in [0.2, 0.25) is 0 Å². The molecule has 1 aromatic carbocycles. The van der Waals surface area contributed by atoms with Crippen LogP contribution in [0.3, 0.4) is 0 Å². The van der Waals surface area contributed by atoms with Crippen molar-refractivity contribution in [1.82, 2.24) is 10.2 Å². The molecule has 0 spiro atoms. The number of carbonyl (C=O) groups is 1. The molecule has 2 rings (SSSR count). The van der Waals surface area contributed by atoms with Gasteiger partial charge in [0.1, 0.15) is 5.56 Å². The number of carbonyl (C=O) groups excluding carboxylic acids is 1. The first-order chi connectivity index (χ1) is 9.99. The zero-order valence-electron chi connectivity index (χ0n) is 12.0. The van der Waals surface area contributed by atoms with Gasteiger partial charge >= 0.3 is 5.97 Å². The number of nitrogens with one attached hydrogen (secondary N) is 1. The lowest BCUT2D eigenvalue weighted by Crippen LogP contribution is -2.03. The quantitative estimate of drug-likeness (QED) is 0.654. The van der Waals surface area contributed by atoms with Gasteiger partial charge in [0.15, 0.2) is 11.6 Å². The molecule has 0 atom stereocenters. The van der Waals surface area contributed by atoms with Crippen molar-refractivity contribution >= 4 is 5.97 Å². The number of halogens is 1. The Hall–Kier alpha value is -2.37. The summed E-state index contributed by atoms with van der Waals surface area (Å²) < 4.78 is 19.0. The summed E-state index contributed by atoms with van der Waals surface area (Å²) in [5, 5.41) is 14.0. The summed E-state index contributed by atoms with van der Waals surface area (Å²) in [6.07, 6.45) is 1.54. The molecule has 0 aliphatic rings. The van der Waals surface area contributed by atoms with Crippen molar-refractivity contribution < 1.29 is 19.0 Å². The lowest BCUT2D eigenvalue weighted by Gasteiger charge is -2.07. The normalized spacial score (nSPS) is 10.6. The summed E-state index contributed by atoms with van der Waals surface area (Å²) in [5.74, 6) is -1.43. The van der Waals surface area contributed by atoms with E-state index in [1.54, 1.807) is 0 Å². The average Bonchev–Trinajstić information content (AvgIpc) is 2.76. The van der Waals surface area contributed by atoms with Crippen molar-refractivity contribution in [3.63, 3.8) is 0 Å². The maximum atomic E-state index is 13.7. The number of nitrogens with zero attached hydrogens (tertiary/aromatic N) is 1. The van der Waals surface area contributed by atoms with Crippen molar-refractivity contribution in [1.29, 1.82) is 0 Å². The molecule has 0 aliphatic carbocycles. The van der Waals surface area contributed by atoms with Gasteiger partial charge in [0.05, 0.1) is 12.3 Å². The third-order valence-electron chi connectivity index (χ3n) is 3.30. The highest BCUT2D eigenvalue weighted by Crippen LogP contribution is 2.19. The molecule has 0 radical (unpaired) electrons. The third-order valence-corrected chi connectivity index (χ3v) is 3.30. The Balaban J connectivity index is 1.88. The molecule has 5 nitrogen and oxygen atoms in total. The Morgan fingerprint density at radius 2 is 2.19 bits per heavy atom. The molecule has 21 heavy (non-hydrogen) atoms. The molecule has 0 unspecified atom stereocenters. The molecule has 0 aliphatic heterocycles. The van der Waals surface area contributed by atoms with Crippen LogP contribution in [0.25, 0.3) is 0 Å². The van der Waals surface area contributed by atoms with Crippen LogP contribution in [0.5, 0.6) is 5.75 Å². The van der Waals surface area contributed by atoms with Crippen LogP contribution in [0, 0.1) is 19.7 Å². The fourth-order valence-corrected chi connectivity index (χ4v) is 2.13. The third kappa shape index (κ3) is 3.59. The highest BCUT2D eigenvalue weighted by molar-refractivity contribution is 5.87. The lowest BCUT2D eigenvalue weighted by molar-refractivity contribution is 0.0696. The van der Waals surface area contributed by atoms with E-state index in [4.69, 9.17) is 9.84 Å². The molecule has 0 saturated carbocycles. The number of hydrogen-bond acceptors (Lipinski definition) is 3. The van der Waals surface area contributed by atoms with Gasteiger partial charge in [-0.05, 0) is 50.5 Å². The first kappa shape index (κ1) is 15.0. The van der Waals surface area contributed by atoms with E-state index >= 15 is 0 Å². The van der Waals surface area contributed by atoms with E-state index in [-0.39, 0.29) is 11.3 Å². The van der Waals surface area contributed by atoms with Crippen LogP contribution >= 0.6 is 0 Å². The number of ether oxygens (including phenoxy) is 1. The number of H-pyrrole nitrogens is 1. The minimum absolute atomic E-state index is 0.0181. The molecule has 1 aromatic heterocycles. The standard InChI is InChI=1S/C15H17FN2O3/c1-9-12(10(2)18-17-9)4-3-7-21-14-6-5-11(15(19)20)8-13(14)16/h5-6,8H,3-4,7H2,1-2H3,(H,17,18)(H,19,20)/p+1. The van der Waals surface area contributed by atoms with Gasteiger partial charge in [-0.2, -0.15) is 5.10 Å². The minimum atomic E-state index is -0.911. The maximum Gasteiger partial charge on any atom is 0.549 e. The van der Waals surface area contributed by atoms with Crippen LogP contribution in [0.15, 0.2) is 18.2 Å². The number of benzene rings is 1.